The van der Waals surface area contributed by atoms with Gasteiger partial charge in [-0.25, -0.2) is 9.18 Å². The van der Waals surface area contributed by atoms with Crippen molar-refractivity contribution >= 4 is 44.9 Å². The van der Waals surface area contributed by atoms with Crippen LogP contribution in [-0.2, 0) is 9.48 Å². The molecule has 1 fully saturated rings. The van der Waals surface area contributed by atoms with Gasteiger partial charge in [0, 0.05) is 41.2 Å². The second-order valence-corrected chi connectivity index (χ2v) is 11.4. The zero-order chi connectivity index (χ0) is 23.8. The highest BCUT2D eigenvalue weighted by Crippen LogP contribution is 2.52. The van der Waals surface area contributed by atoms with Crippen LogP contribution in [0, 0.1) is 11.7 Å². The average Bonchev–Trinajstić information content (AvgIpc) is 3.15. The maximum atomic E-state index is 15.1. The number of thioether (sulfide) groups is 1. The predicted molar refractivity (Wildman–Crippen MR) is 131 cm³/mol. The van der Waals surface area contributed by atoms with Gasteiger partial charge in [-0.1, -0.05) is 45.9 Å². The molecule has 2 aromatic carbocycles. The second-order valence-electron chi connectivity index (χ2n) is 9.14. The number of amides is 2. The minimum Gasteiger partial charge on any atom is -0.444 e. The molecule has 4 rings (SSSR count). The molecule has 2 aliphatic rings. The zero-order valence-electron chi connectivity index (χ0n) is 18.6. The number of halogens is 2. The van der Waals surface area contributed by atoms with E-state index >= 15 is 4.39 Å². The molecule has 9 heteroatoms. The highest BCUT2D eigenvalue weighted by Gasteiger charge is 2.54. The maximum Gasteiger partial charge on any atom is 0.410 e. The lowest BCUT2D eigenvalue weighted by Gasteiger charge is -2.37. The SMILES string of the molecule is CC(C)(C)OC(=O)N1CC2CN=C(NC(=O)c3ccccc3)SC2(c2cc(Br)ccc2F)C1. The number of aliphatic imine (C=N–C) groups is 1. The number of ether oxygens (including phenoxy) is 1. The van der Waals surface area contributed by atoms with Crippen molar-refractivity contribution in [3.05, 3.63) is 69.9 Å². The minimum atomic E-state index is -0.814. The number of hydrogen-bond donors (Lipinski definition) is 1. The number of carbonyl (C=O) groups is 2. The Bertz CT molecular complexity index is 1110. The largest absolute Gasteiger partial charge is 0.444 e. The van der Waals surface area contributed by atoms with Gasteiger partial charge in [0.05, 0.1) is 4.75 Å². The fourth-order valence-corrected chi connectivity index (χ4v) is 5.87. The van der Waals surface area contributed by atoms with Crippen LogP contribution in [0.4, 0.5) is 9.18 Å². The van der Waals surface area contributed by atoms with Gasteiger partial charge in [0.2, 0.25) is 0 Å². The minimum absolute atomic E-state index is 0.142. The van der Waals surface area contributed by atoms with Gasteiger partial charge < -0.3 is 15.0 Å². The lowest BCUT2D eigenvalue weighted by molar-refractivity contribution is 0.0286. The first-order valence-electron chi connectivity index (χ1n) is 10.6. The maximum absolute atomic E-state index is 15.1. The van der Waals surface area contributed by atoms with E-state index in [1.54, 1.807) is 41.3 Å². The molecule has 1 N–H and O–H groups in total. The van der Waals surface area contributed by atoms with Crippen molar-refractivity contribution in [1.29, 1.82) is 0 Å². The number of hydrogen-bond acceptors (Lipinski definition) is 5. The smallest absolute Gasteiger partial charge is 0.410 e. The third-order valence-electron chi connectivity index (χ3n) is 5.55. The van der Waals surface area contributed by atoms with Gasteiger partial charge in [0.1, 0.15) is 11.4 Å². The van der Waals surface area contributed by atoms with Crippen LogP contribution in [0.3, 0.4) is 0 Å². The lowest BCUT2D eigenvalue weighted by atomic mass is 9.87. The van der Waals surface area contributed by atoms with Gasteiger partial charge in [-0.05, 0) is 51.1 Å². The molecule has 0 spiro atoms. The molecule has 2 amide bonds. The number of benzene rings is 2. The van der Waals surface area contributed by atoms with E-state index in [0.29, 0.717) is 29.4 Å². The van der Waals surface area contributed by atoms with Crippen molar-refractivity contribution in [1.82, 2.24) is 10.2 Å². The summed E-state index contributed by atoms with van der Waals surface area (Å²) in [4.78, 5) is 31.8. The van der Waals surface area contributed by atoms with Crippen molar-refractivity contribution in [2.75, 3.05) is 19.6 Å². The fourth-order valence-electron chi connectivity index (χ4n) is 4.08. The van der Waals surface area contributed by atoms with E-state index in [2.05, 4.69) is 26.2 Å². The molecule has 2 aromatic rings. The topological polar surface area (TPSA) is 71.0 Å². The van der Waals surface area contributed by atoms with Crippen LogP contribution in [0.15, 0.2) is 58.0 Å². The zero-order valence-corrected chi connectivity index (χ0v) is 21.0. The molecule has 0 saturated carbocycles. The van der Waals surface area contributed by atoms with E-state index in [-0.39, 0.29) is 24.2 Å². The quantitative estimate of drug-likeness (QED) is 0.577. The standard InChI is InChI=1S/C24H25BrFN3O3S/c1-23(2,3)32-22(31)29-13-16-12-27-21(28-20(30)15-7-5-4-6-8-15)33-24(16,14-29)18-11-17(25)9-10-19(18)26/h4-11,16H,12-14H2,1-3H3,(H,27,28,30). The summed E-state index contributed by atoms with van der Waals surface area (Å²) in [6, 6.07) is 13.6. The highest BCUT2D eigenvalue weighted by molar-refractivity contribution is 9.10. The number of fused-ring (bicyclic) bond motifs is 1. The van der Waals surface area contributed by atoms with E-state index < -0.39 is 16.4 Å². The van der Waals surface area contributed by atoms with Gasteiger partial charge in [-0.3, -0.25) is 9.79 Å². The monoisotopic (exact) mass is 533 g/mol. The molecule has 0 radical (unpaired) electrons. The van der Waals surface area contributed by atoms with E-state index in [1.807, 2.05) is 26.8 Å². The fraction of sp³-hybridized carbons (Fsp3) is 0.375. The van der Waals surface area contributed by atoms with Crippen LogP contribution in [0.5, 0.6) is 0 Å². The van der Waals surface area contributed by atoms with Gasteiger partial charge in [0.15, 0.2) is 5.17 Å². The van der Waals surface area contributed by atoms with Gasteiger partial charge in [-0.2, -0.15) is 0 Å². The number of nitrogens with one attached hydrogen (secondary N) is 1. The number of rotatable bonds is 2. The van der Waals surface area contributed by atoms with E-state index in [1.165, 1.54) is 17.8 Å². The Hall–Kier alpha value is -2.39. The number of amidine groups is 1. The Morgan fingerprint density at radius 2 is 1.97 bits per heavy atom. The van der Waals surface area contributed by atoms with Gasteiger partial charge in [-0.15, -0.1) is 0 Å². The molecule has 33 heavy (non-hydrogen) atoms. The summed E-state index contributed by atoms with van der Waals surface area (Å²) in [6.07, 6.45) is -0.442. The molecule has 0 bridgehead atoms. The summed E-state index contributed by atoms with van der Waals surface area (Å²) in [7, 11) is 0. The molecule has 0 aromatic heterocycles. The van der Waals surface area contributed by atoms with Crippen molar-refractivity contribution in [2.45, 2.75) is 31.1 Å². The molecule has 0 aliphatic carbocycles. The summed E-state index contributed by atoms with van der Waals surface area (Å²) in [5, 5.41) is 3.27. The van der Waals surface area contributed by atoms with Crippen molar-refractivity contribution in [2.24, 2.45) is 10.9 Å². The third-order valence-corrected chi connectivity index (χ3v) is 7.52. The second kappa shape index (κ2) is 9.10. The normalized spacial score (nSPS) is 22.4. The molecule has 6 nitrogen and oxygen atoms in total. The number of likely N-dealkylation sites (tertiary alicyclic amines) is 1. The van der Waals surface area contributed by atoms with Crippen LogP contribution >= 0.6 is 27.7 Å². The third kappa shape index (κ3) is 5.09. The molecule has 2 aliphatic heterocycles. The first kappa shape index (κ1) is 23.8. The first-order valence-corrected chi connectivity index (χ1v) is 12.2. The van der Waals surface area contributed by atoms with Crippen molar-refractivity contribution < 1.29 is 18.7 Å². The predicted octanol–water partition coefficient (Wildman–Crippen LogP) is 5.18. The molecule has 2 atom stereocenters. The summed E-state index contributed by atoms with van der Waals surface area (Å²) >= 11 is 4.74. The Morgan fingerprint density at radius 3 is 2.67 bits per heavy atom. The summed E-state index contributed by atoms with van der Waals surface area (Å²) in [6.45, 7) is 6.41. The molecular weight excluding hydrogens is 509 g/mol. The molecule has 2 unspecified atom stereocenters. The van der Waals surface area contributed by atoms with Crippen molar-refractivity contribution in [3.63, 3.8) is 0 Å². The first-order chi connectivity index (χ1) is 15.6. The van der Waals surface area contributed by atoms with Crippen LogP contribution < -0.4 is 5.32 Å². The number of nitrogens with zero attached hydrogens (tertiary/aromatic N) is 2. The van der Waals surface area contributed by atoms with Gasteiger partial charge >= 0.3 is 6.09 Å². The van der Waals surface area contributed by atoms with E-state index in [4.69, 9.17) is 4.74 Å². The van der Waals surface area contributed by atoms with Crippen LogP contribution in [0.25, 0.3) is 0 Å². The Kier molecular flexibility index (Phi) is 6.55. The average molecular weight is 534 g/mol. The summed E-state index contributed by atoms with van der Waals surface area (Å²) in [5.41, 5.74) is 0.337. The number of carbonyl (C=O) groups excluding carboxylic acids is 2. The van der Waals surface area contributed by atoms with Crippen LogP contribution in [0.1, 0.15) is 36.7 Å². The molecule has 1 saturated heterocycles. The van der Waals surface area contributed by atoms with Crippen molar-refractivity contribution in [3.8, 4) is 0 Å². The summed E-state index contributed by atoms with van der Waals surface area (Å²) < 4.78 is 20.6. The molecule has 174 valence electrons. The Morgan fingerprint density at radius 1 is 1.24 bits per heavy atom. The summed E-state index contributed by atoms with van der Waals surface area (Å²) in [5.74, 6) is -0.791. The van der Waals surface area contributed by atoms with Crippen LogP contribution in [0.2, 0.25) is 0 Å². The Balaban J connectivity index is 1.65. The molecular formula is C24H25BrFN3O3S. The van der Waals surface area contributed by atoms with Crippen LogP contribution in [-0.4, -0.2) is 47.3 Å². The van der Waals surface area contributed by atoms with E-state index in [0.717, 1.165) is 4.47 Å². The molecule has 2 heterocycles. The van der Waals surface area contributed by atoms with Gasteiger partial charge in [0.25, 0.3) is 5.91 Å². The Labute approximate surface area is 205 Å². The lowest BCUT2D eigenvalue weighted by Crippen LogP contribution is -2.43. The van der Waals surface area contributed by atoms with E-state index in [9.17, 15) is 9.59 Å². The highest BCUT2D eigenvalue weighted by atomic mass is 79.9.